The summed E-state index contributed by atoms with van der Waals surface area (Å²) in [5, 5.41) is 11.7. The number of carbonyl (C=O) groups is 2. The molecule has 0 spiro atoms. The van der Waals surface area contributed by atoms with E-state index in [0.29, 0.717) is 5.69 Å². The van der Waals surface area contributed by atoms with Gasteiger partial charge >= 0.3 is 11.8 Å². The van der Waals surface area contributed by atoms with Gasteiger partial charge in [0.05, 0.1) is 0 Å². The van der Waals surface area contributed by atoms with Crippen LogP contribution in [0.2, 0.25) is 0 Å². The SMILES string of the molecule is C[C@@H](CO)CN(Cc1ccccc1)C(=O)C(=O)Nc1ccc(F)cc1. The third-order valence-corrected chi connectivity index (χ3v) is 3.64. The van der Waals surface area contributed by atoms with Crippen LogP contribution in [0, 0.1) is 11.7 Å². The van der Waals surface area contributed by atoms with Gasteiger partial charge in [-0.2, -0.15) is 0 Å². The highest BCUT2D eigenvalue weighted by Gasteiger charge is 2.23. The Hall–Kier alpha value is -2.73. The zero-order valence-electron chi connectivity index (χ0n) is 14.0. The monoisotopic (exact) mass is 344 g/mol. The molecule has 0 fully saturated rings. The van der Waals surface area contributed by atoms with Gasteiger partial charge in [0.25, 0.3) is 0 Å². The first kappa shape index (κ1) is 18.6. The molecule has 2 amide bonds. The molecule has 0 heterocycles. The number of nitrogens with one attached hydrogen (secondary N) is 1. The maximum atomic E-state index is 12.9. The third-order valence-electron chi connectivity index (χ3n) is 3.64. The summed E-state index contributed by atoms with van der Waals surface area (Å²) >= 11 is 0. The molecule has 0 saturated carbocycles. The number of hydrogen-bond donors (Lipinski definition) is 2. The van der Waals surface area contributed by atoms with E-state index in [1.165, 1.54) is 29.2 Å². The molecule has 25 heavy (non-hydrogen) atoms. The second-order valence-corrected chi connectivity index (χ2v) is 5.92. The summed E-state index contributed by atoms with van der Waals surface area (Å²) in [4.78, 5) is 26.2. The predicted molar refractivity (Wildman–Crippen MR) is 93.1 cm³/mol. The molecule has 0 aliphatic rings. The van der Waals surface area contributed by atoms with Gasteiger partial charge in [0.2, 0.25) is 0 Å². The normalized spacial score (nSPS) is 11.6. The van der Waals surface area contributed by atoms with Crippen molar-refractivity contribution in [3.63, 3.8) is 0 Å². The van der Waals surface area contributed by atoms with Crippen molar-refractivity contribution in [1.82, 2.24) is 4.90 Å². The van der Waals surface area contributed by atoms with Crippen molar-refractivity contribution in [2.24, 2.45) is 5.92 Å². The Morgan fingerprint density at radius 2 is 1.76 bits per heavy atom. The highest BCUT2D eigenvalue weighted by molar-refractivity contribution is 6.39. The fraction of sp³-hybridized carbons (Fsp3) is 0.263. The van der Waals surface area contributed by atoms with Crippen LogP contribution in [0.25, 0.3) is 0 Å². The van der Waals surface area contributed by atoms with Crippen LogP contribution in [0.3, 0.4) is 0 Å². The number of aliphatic hydroxyl groups is 1. The molecule has 0 saturated heterocycles. The van der Waals surface area contributed by atoms with E-state index in [1.807, 2.05) is 30.3 Å². The first-order valence-electron chi connectivity index (χ1n) is 8.00. The second kappa shape index (κ2) is 8.94. The lowest BCUT2D eigenvalue weighted by atomic mass is 10.1. The van der Waals surface area contributed by atoms with Crippen LogP contribution in [0.15, 0.2) is 54.6 Å². The van der Waals surface area contributed by atoms with Crippen LogP contribution in [-0.2, 0) is 16.1 Å². The van der Waals surface area contributed by atoms with E-state index in [2.05, 4.69) is 5.32 Å². The van der Waals surface area contributed by atoms with Crippen LogP contribution in [0.4, 0.5) is 10.1 Å². The minimum Gasteiger partial charge on any atom is -0.396 e. The number of nitrogens with zero attached hydrogens (tertiary/aromatic N) is 1. The van der Waals surface area contributed by atoms with Gasteiger partial charge in [-0.15, -0.1) is 0 Å². The lowest BCUT2D eigenvalue weighted by molar-refractivity contribution is -0.144. The molecule has 132 valence electrons. The molecular formula is C19H21FN2O3. The second-order valence-electron chi connectivity index (χ2n) is 5.92. The molecule has 0 aliphatic carbocycles. The van der Waals surface area contributed by atoms with Crippen molar-refractivity contribution in [3.8, 4) is 0 Å². The third kappa shape index (κ3) is 5.69. The zero-order chi connectivity index (χ0) is 18.2. The van der Waals surface area contributed by atoms with E-state index >= 15 is 0 Å². The van der Waals surface area contributed by atoms with Gasteiger partial charge in [-0.3, -0.25) is 9.59 Å². The molecule has 0 unspecified atom stereocenters. The van der Waals surface area contributed by atoms with Crippen molar-refractivity contribution in [3.05, 3.63) is 66.0 Å². The first-order chi connectivity index (χ1) is 12.0. The van der Waals surface area contributed by atoms with Gasteiger partial charge in [0.1, 0.15) is 5.82 Å². The van der Waals surface area contributed by atoms with E-state index in [9.17, 15) is 19.1 Å². The maximum absolute atomic E-state index is 12.9. The summed E-state index contributed by atoms with van der Waals surface area (Å²) in [6.45, 7) is 2.23. The van der Waals surface area contributed by atoms with Crippen LogP contribution in [-0.4, -0.2) is 35.0 Å². The number of amides is 2. The Kier molecular flexibility index (Phi) is 6.65. The lowest BCUT2D eigenvalue weighted by Crippen LogP contribution is -2.42. The minimum absolute atomic E-state index is 0.0852. The Balaban J connectivity index is 2.09. The summed E-state index contributed by atoms with van der Waals surface area (Å²) in [6, 6.07) is 14.5. The van der Waals surface area contributed by atoms with Crippen molar-refractivity contribution < 1.29 is 19.1 Å². The number of hydrogen-bond acceptors (Lipinski definition) is 3. The number of halogens is 1. The van der Waals surface area contributed by atoms with Crippen LogP contribution >= 0.6 is 0 Å². The van der Waals surface area contributed by atoms with E-state index in [0.717, 1.165) is 5.56 Å². The predicted octanol–water partition coefficient (Wildman–Crippen LogP) is 2.42. The fourth-order valence-electron chi connectivity index (χ4n) is 2.32. The highest BCUT2D eigenvalue weighted by Crippen LogP contribution is 2.11. The molecule has 2 aromatic carbocycles. The van der Waals surface area contributed by atoms with Crippen molar-refractivity contribution in [1.29, 1.82) is 0 Å². The maximum Gasteiger partial charge on any atom is 0.313 e. The summed E-state index contributed by atoms with van der Waals surface area (Å²) in [6.07, 6.45) is 0. The summed E-state index contributed by atoms with van der Waals surface area (Å²) in [5.41, 5.74) is 1.23. The van der Waals surface area contributed by atoms with E-state index < -0.39 is 17.6 Å². The van der Waals surface area contributed by atoms with Gasteiger partial charge in [-0.1, -0.05) is 37.3 Å². The topological polar surface area (TPSA) is 69.6 Å². The van der Waals surface area contributed by atoms with Gasteiger partial charge in [-0.05, 0) is 35.7 Å². The molecular weight excluding hydrogens is 323 g/mol. The standard InChI is InChI=1S/C19H21FN2O3/c1-14(13-23)11-22(12-15-5-3-2-4-6-15)19(25)18(24)21-17-9-7-16(20)8-10-17/h2-10,14,23H,11-13H2,1H3,(H,21,24)/t14-/m1/s1. The molecule has 2 aromatic rings. The highest BCUT2D eigenvalue weighted by atomic mass is 19.1. The Morgan fingerprint density at radius 1 is 1.12 bits per heavy atom. The molecule has 2 rings (SSSR count). The van der Waals surface area contributed by atoms with Crippen LogP contribution in [0.5, 0.6) is 0 Å². The van der Waals surface area contributed by atoms with Crippen LogP contribution in [0.1, 0.15) is 12.5 Å². The average molecular weight is 344 g/mol. The minimum atomic E-state index is -0.798. The molecule has 1 atom stereocenters. The van der Waals surface area contributed by atoms with Crippen molar-refractivity contribution in [2.75, 3.05) is 18.5 Å². The fourth-order valence-corrected chi connectivity index (χ4v) is 2.32. The smallest absolute Gasteiger partial charge is 0.313 e. The largest absolute Gasteiger partial charge is 0.396 e. The van der Waals surface area contributed by atoms with E-state index in [4.69, 9.17) is 0 Å². The molecule has 2 N–H and O–H groups in total. The van der Waals surface area contributed by atoms with E-state index in [1.54, 1.807) is 6.92 Å². The molecule has 0 aromatic heterocycles. The number of aliphatic hydroxyl groups excluding tert-OH is 1. The van der Waals surface area contributed by atoms with Gasteiger partial charge in [-0.25, -0.2) is 4.39 Å². The molecule has 0 radical (unpaired) electrons. The first-order valence-corrected chi connectivity index (χ1v) is 8.00. The number of rotatable bonds is 6. The van der Waals surface area contributed by atoms with Crippen molar-refractivity contribution >= 4 is 17.5 Å². The molecule has 6 heteroatoms. The number of carbonyl (C=O) groups excluding carboxylic acids is 2. The van der Waals surface area contributed by atoms with Gasteiger partial charge in [0.15, 0.2) is 0 Å². The number of benzene rings is 2. The Bertz CT molecular complexity index is 704. The van der Waals surface area contributed by atoms with Gasteiger partial charge in [0, 0.05) is 25.4 Å². The van der Waals surface area contributed by atoms with Crippen molar-refractivity contribution in [2.45, 2.75) is 13.5 Å². The lowest BCUT2D eigenvalue weighted by Gasteiger charge is -2.25. The summed E-state index contributed by atoms with van der Waals surface area (Å²) < 4.78 is 12.9. The summed E-state index contributed by atoms with van der Waals surface area (Å²) in [7, 11) is 0. The molecule has 5 nitrogen and oxygen atoms in total. The summed E-state index contributed by atoms with van der Waals surface area (Å²) in [5.74, 6) is -2.08. The Morgan fingerprint density at radius 3 is 2.36 bits per heavy atom. The molecule has 0 bridgehead atoms. The average Bonchev–Trinajstić information content (AvgIpc) is 2.63. The van der Waals surface area contributed by atoms with Crippen LogP contribution < -0.4 is 5.32 Å². The number of anilines is 1. The zero-order valence-corrected chi connectivity index (χ0v) is 14.0. The molecule has 0 aliphatic heterocycles. The van der Waals surface area contributed by atoms with Gasteiger partial charge < -0.3 is 15.3 Å². The Labute approximate surface area is 146 Å². The quantitative estimate of drug-likeness (QED) is 0.791. The van der Waals surface area contributed by atoms with E-state index in [-0.39, 0.29) is 25.6 Å².